The first-order valence-corrected chi connectivity index (χ1v) is 5.48. The van der Waals surface area contributed by atoms with Gasteiger partial charge in [0, 0.05) is 29.0 Å². The first-order chi connectivity index (χ1) is 8.75. The van der Waals surface area contributed by atoms with E-state index >= 15 is 0 Å². The van der Waals surface area contributed by atoms with Gasteiger partial charge >= 0.3 is 0 Å². The summed E-state index contributed by atoms with van der Waals surface area (Å²) in [7, 11) is 0. The van der Waals surface area contributed by atoms with Gasteiger partial charge in [-0.25, -0.2) is 4.98 Å². The molecule has 0 aliphatic heterocycles. The van der Waals surface area contributed by atoms with Crippen molar-refractivity contribution in [3.8, 4) is 11.1 Å². The summed E-state index contributed by atoms with van der Waals surface area (Å²) in [5.41, 5.74) is 1.80. The predicted octanol–water partition coefficient (Wildman–Crippen LogP) is 2.50. The van der Waals surface area contributed by atoms with Crippen molar-refractivity contribution >= 4 is 5.52 Å². The molecule has 3 nitrogen and oxygen atoms in total. The van der Waals surface area contributed by atoms with Crippen molar-refractivity contribution in [3.63, 3.8) is 0 Å². The highest BCUT2D eigenvalue weighted by Crippen LogP contribution is 2.15. The fraction of sp³-hybridized carbons (Fsp3) is 0. The Labute approximate surface area is 102 Å². The molecule has 3 aromatic rings. The summed E-state index contributed by atoms with van der Waals surface area (Å²) in [6.07, 6.45) is 3.07. The van der Waals surface area contributed by atoms with E-state index in [0.717, 1.165) is 5.52 Å². The smallest absolute Gasteiger partial charge is 0.263 e. The first-order valence-electron chi connectivity index (χ1n) is 5.48. The van der Waals surface area contributed by atoms with Crippen LogP contribution in [-0.4, -0.2) is 9.38 Å². The van der Waals surface area contributed by atoms with Gasteiger partial charge in [-0.1, -0.05) is 6.07 Å². The molecule has 0 aliphatic carbocycles. The number of aromatic nitrogens is 2. The minimum absolute atomic E-state index is 0.137. The van der Waals surface area contributed by atoms with Gasteiger partial charge in [-0.2, -0.15) is 4.39 Å². The molecule has 0 saturated heterocycles. The number of pyridine rings is 3. The molecule has 0 bridgehead atoms. The van der Waals surface area contributed by atoms with Gasteiger partial charge in [-0.05, 0) is 36.4 Å². The summed E-state index contributed by atoms with van der Waals surface area (Å²) in [6, 6.07) is 11.9. The monoisotopic (exact) mass is 240 g/mol. The molecular formula is C14H9FN2O. The van der Waals surface area contributed by atoms with Crippen LogP contribution in [-0.2, 0) is 0 Å². The highest BCUT2D eigenvalue weighted by Gasteiger charge is 2.06. The quantitative estimate of drug-likeness (QED) is 0.612. The van der Waals surface area contributed by atoms with E-state index in [2.05, 4.69) is 4.98 Å². The van der Waals surface area contributed by atoms with Crippen LogP contribution in [0.1, 0.15) is 0 Å². The summed E-state index contributed by atoms with van der Waals surface area (Å²) in [5, 5.41) is 0. The number of halogens is 1. The van der Waals surface area contributed by atoms with Gasteiger partial charge in [0.25, 0.3) is 5.56 Å². The maximum Gasteiger partial charge on any atom is 0.263 e. The van der Waals surface area contributed by atoms with Crippen LogP contribution < -0.4 is 5.56 Å². The molecule has 0 N–H and O–H groups in total. The normalized spacial score (nSPS) is 10.7. The SMILES string of the molecule is O=c1c(-c2ccc(F)nc2)ccc2ccccn12. The van der Waals surface area contributed by atoms with Crippen molar-refractivity contribution < 1.29 is 4.39 Å². The Morgan fingerprint density at radius 1 is 1.06 bits per heavy atom. The van der Waals surface area contributed by atoms with Crippen molar-refractivity contribution in [1.29, 1.82) is 0 Å². The Morgan fingerprint density at radius 2 is 1.94 bits per heavy atom. The van der Waals surface area contributed by atoms with E-state index in [1.54, 1.807) is 28.8 Å². The fourth-order valence-corrected chi connectivity index (χ4v) is 1.90. The third-order valence-electron chi connectivity index (χ3n) is 2.80. The minimum atomic E-state index is -0.556. The van der Waals surface area contributed by atoms with Crippen molar-refractivity contribution in [2.75, 3.05) is 0 Å². The molecule has 3 rings (SSSR count). The van der Waals surface area contributed by atoms with E-state index in [-0.39, 0.29) is 5.56 Å². The molecule has 0 unspecified atom stereocenters. The summed E-state index contributed by atoms with van der Waals surface area (Å²) < 4.78 is 14.3. The maximum atomic E-state index is 12.8. The summed E-state index contributed by atoms with van der Waals surface area (Å²) in [5.74, 6) is -0.556. The largest absolute Gasteiger partial charge is 0.284 e. The van der Waals surface area contributed by atoms with Crippen LogP contribution in [0.5, 0.6) is 0 Å². The van der Waals surface area contributed by atoms with E-state index in [1.165, 1.54) is 12.3 Å². The summed E-state index contributed by atoms with van der Waals surface area (Å²) >= 11 is 0. The van der Waals surface area contributed by atoms with Crippen molar-refractivity contribution in [2.45, 2.75) is 0 Å². The van der Waals surface area contributed by atoms with Crippen molar-refractivity contribution in [2.24, 2.45) is 0 Å². The Bertz CT molecular complexity index is 763. The summed E-state index contributed by atoms with van der Waals surface area (Å²) in [6.45, 7) is 0. The van der Waals surface area contributed by atoms with Crippen LogP contribution in [0.2, 0.25) is 0 Å². The minimum Gasteiger partial charge on any atom is -0.284 e. The van der Waals surface area contributed by atoms with E-state index in [9.17, 15) is 9.18 Å². The molecule has 0 aromatic carbocycles. The lowest BCUT2D eigenvalue weighted by molar-refractivity contribution is 0.584. The molecule has 0 fully saturated rings. The van der Waals surface area contributed by atoms with E-state index in [1.807, 2.05) is 18.2 Å². The third kappa shape index (κ3) is 1.68. The Kier molecular flexibility index (Phi) is 2.41. The highest BCUT2D eigenvalue weighted by atomic mass is 19.1. The number of rotatable bonds is 1. The Balaban J connectivity index is 2.27. The van der Waals surface area contributed by atoms with E-state index in [0.29, 0.717) is 11.1 Å². The zero-order chi connectivity index (χ0) is 12.5. The van der Waals surface area contributed by atoms with Gasteiger partial charge in [-0.15, -0.1) is 0 Å². The molecule has 88 valence electrons. The molecule has 3 aromatic heterocycles. The van der Waals surface area contributed by atoms with Gasteiger partial charge in [0.2, 0.25) is 5.95 Å². The lowest BCUT2D eigenvalue weighted by atomic mass is 10.1. The van der Waals surface area contributed by atoms with Crippen LogP contribution in [0.4, 0.5) is 4.39 Å². The van der Waals surface area contributed by atoms with Crippen LogP contribution >= 0.6 is 0 Å². The van der Waals surface area contributed by atoms with Gasteiger partial charge < -0.3 is 0 Å². The van der Waals surface area contributed by atoms with Gasteiger partial charge in [0.15, 0.2) is 0 Å². The molecule has 4 heteroatoms. The molecule has 0 spiro atoms. The second-order valence-electron chi connectivity index (χ2n) is 3.92. The molecular weight excluding hydrogens is 231 g/mol. The van der Waals surface area contributed by atoms with E-state index < -0.39 is 5.95 Å². The Morgan fingerprint density at radius 3 is 2.72 bits per heavy atom. The lowest BCUT2D eigenvalue weighted by Gasteiger charge is -2.04. The number of nitrogens with zero attached hydrogens (tertiary/aromatic N) is 2. The zero-order valence-electron chi connectivity index (χ0n) is 9.38. The number of hydrogen-bond acceptors (Lipinski definition) is 2. The zero-order valence-corrected chi connectivity index (χ0v) is 9.38. The second kappa shape index (κ2) is 4.07. The van der Waals surface area contributed by atoms with Crippen molar-refractivity contribution in [1.82, 2.24) is 9.38 Å². The molecule has 0 atom stereocenters. The first kappa shape index (κ1) is 10.7. The number of fused-ring (bicyclic) bond motifs is 1. The van der Waals surface area contributed by atoms with E-state index in [4.69, 9.17) is 0 Å². The van der Waals surface area contributed by atoms with Crippen LogP contribution in [0.3, 0.4) is 0 Å². The average Bonchev–Trinajstić information content (AvgIpc) is 2.41. The Hall–Kier alpha value is -2.49. The lowest BCUT2D eigenvalue weighted by Crippen LogP contribution is -2.14. The third-order valence-corrected chi connectivity index (χ3v) is 2.80. The van der Waals surface area contributed by atoms with Crippen LogP contribution in [0.15, 0.2) is 59.7 Å². The molecule has 0 amide bonds. The number of hydrogen-bond donors (Lipinski definition) is 0. The van der Waals surface area contributed by atoms with Gasteiger partial charge in [0.1, 0.15) is 0 Å². The topological polar surface area (TPSA) is 34.4 Å². The van der Waals surface area contributed by atoms with Crippen LogP contribution in [0, 0.1) is 5.95 Å². The van der Waals surface area contributed by atoms with Crippen molar-refractivity contribution in [3.05, 3.63) is 71.2 Å². The van der Waals surface area contributed by atoms with Crippen LogP contribution in [0.25, 0.3) is 16.6 Å². The predicted molar refractivity (Wildman–Crippen MR) is 66.9 cm³/mol. The standard InChI is InChI=1S/C14H9FN2O/c15-13-7-4-10(9-16-13)12-6-5-11-3-1-2-8-17(11)14(12)18/h1-9H. The second-order valence-corrected chi connectivity index (χ2v) is 3.92. The van der Waals surface area contributed by atoms with Gasteiger partial charge in [0.05, 0.1) is 0 Å². The average molecular weight is 240 g/mol. The molecule has 18 heavy (non-hydrogen) atoms. The highest BCUT2D eigenvalue weighted by molar-refractivity contribution is 5.64. The summed E-state index contributed by atoms with van der Waals surface area (Å²) in [4.78, 5) is 15.8. The molecule has 3 heterocycles. The molecule has 0 aliphatic rings. The van der Waals surface area contributed by atoms with Gasteiger partial charge in [-0.3, -0.25) is 9.20 Å². The molecule has 0 radical (unpaired) electrons. The maximum absolute atomic E-state index is 12.8. The fourth-order valence-electron chi connectivity index (χ4n) is 1.90. The molecule has 0 saturated carbocycles.